The van der Waals surface area contributed by atoms with E-state index in [1.807, 2.05) is 4.90 Å². The van der Waals surface area contributed by atoms with Crippen LogP contribution in [0.1, 0.15) is 44.9 Å². The SMILES string of the molecule is NC(=S)C1(C(=O)N2C3CCC2CC(O)C3)CCC1. The Kier molecular flexibility index (Phi) is 2.86. The first-order valence-electron chi connectivity index (χ1n) is 6.85. The van der Waals surface area contributed by atoms with Gasteiger partial charge in [0.05, 0.1) is 16.5 Å². The maximum Gasteiger partial charge on any atom is 0.236 e. The molecule has 4 nitrogen and oxygen atoms in total. The zero-order valence-electron chi connectivity index (χ0n) is 10.5. The van der Waals surface area contributed by atoms with Crippen molar-refractivity contribution in [3.8, 4) is 0 Å². The monoisotopic (exact) mass is 268 g/mol. The van der Waals surface area contributed by atoms with Gasteiger partial charge in [-0.2, -0.15) is 0 Å². The lowest BCUT2D eigenvalue weighted by atomic mass is 9.67. The number of hydrogen-bond acceptors (Lipinski definition) is 3. The number of hydrogen-bond donors (Lipinski definition) is 2. The molecule has 18 heavy (non-hydrogen) atoms. The van der Waals surface area contributed by atoms with E-state index in [0.717, 1.165) is 44.9 Å². The molecule has 2 atom stereocenters. The number of fused-ring (bicyclic) bond motifs is 2. The number of rotatable bonds is 2. The molecular formula is C13H20N2O2S. The Morgan fingerprint density at radius 1 is 1.28 bits per heavy atom. The number of thiocarbonyl (C=S) groups is 1. The predicted molar refractivity (Wildman–Crippen MR) is 72.0 cm³/mol. The van der Waals surface area contributed by atoms with Gasteiger partial charge in [0, 0.05) is 12.1 Å². The molecule has 1 aliphatic carbocycles. The highest BCUT2D eigenvalue weighted by atomic mass is 32.1. The smallest absolute Gasteiger partial charge is 0.236 e. The lowest BCUT2D eigenvalue weighted by Crippen LogP contribution is -2.59. The first kappa shape index (κ1) is 12.4. The molecule has 2 aliphatic heterocycles. The molecule has 5 heteroatoms. The summed E-state index contributed by atoms with van der Waals surface area (Å²) in [4.78, 5) is 15.2. The Bertz CT molecular complexity index is 380. The van der Waals surface area contributed by atoms with Crippen molar-refractivity contribution in [2.75, 3.05) is 0 Å². The third-order valence-corrected chi connectivity index (χ3v) is 5.42. The number of amides is 1. The summed E-state index contributed by atoms with van der Waals surface area (Å²) >= 11 is 5.13. The highest BCUT2D eigenvalue weighted by Gasteiger charge is 2.54. The Labute approximate surface area is 113 Å². The average Bonchev–Trinajstić information content (AvgIpc) is 2.48. The van der Waals surface area contributed by atoms with Crippen LogP contribution in [0.3, 0.4) is 0 Å². The summed E-state index contributed by atoms with van der Waals surface area (Å²) in [5.41, 5.74) is 5.26. The van der Waals surface area contributed by atoms with Crippen molar-refractivity contribution in [1.82, 2.24) is 4.90 Å². The third-order valence-electron chi connectivity index (χ3n) is 5.03. The van der Waals surface area contributed by atoms with Crippen molar-refractivity contribution in [2.45, 2.75) is 63.1 Å². The molecule has 0 spiro atoms. The first-order chi connectivity index (χ1) is 8.54. The summed E-state index contributed by atoms with van der Waals surface area (Å²) in [6.45, 7) is 0. The molecule has 2 bridgehead atoms. The number of carbonyl (C=O) groups excluding carboxylic acids is 1. The van der Waals surface area contributed by atoms with Gasteiger partial charge in [0.2, 0.25) is 5.91 Å². The van der Waals surface area contributed by atoms with Crippen molar-refractivity contribution in [2.24, 2.45) is 11.1 Å². The summed E-state index contributed by atoms with van der Waals surface area (Å²) in [6.07, 6.45) is 5.87. The minimum atomic E-state index is -0.557. The van der Waals surface area contributed by atoms with Crippen LogP contribution in [0.25, 0.3) is 0 Å². The minimum Gasteiger partial charge on any atom is -0.393 e. The van der Waals surface area contributed by atoms with Gasteiger partial charge in [-0.05, 0) is 38.5 Å². The Morgan fingerprint density at radius 3 is 2.22 bits per heavy atom. The van der Waals surface area contributed by atoms with Gasteiger partial charge in [0.1, 0.15) is 0 Å². The normalized spacial score (nSPS) is 37.2. The molecule has 0 aromatic rings. The largest absolute Gasteiger partial charge is 0.393 e. The highest BCUT2D eigenvalue weighted by Crippen LogP contribution is 2.47. The van der Waals surface area contributed by atoms with Gasteiger partial charge in [0.25, 0.3) is 0 Å². The Hall–Kier alpha value is -0.680. The number of piperidine rings is 1. The summed E-state index contributed by atoms with van der Waals surface area (Å²) in [6, 6.07) is 0.413. The number of aliphatic hydroxyl groups is 1. The van der Waals surface area contributed by atoms with Gasteiger partial charge in [-0.15, -0.1) is 0 Å². The van der Waals surface area contributed by atoms with E-state index in [0.29, 0.717) is 4.99 Å². The molecule has 2 heterocycles. The lowest BCUT2D eigenvalue weighted by Gasteiger charge is -2.47. The molecule has 2 unspecified atom stereocenters. The van der Waals surface area contributed by atoms with Crippen molar-refractivity contribution >= 4 is 23.1 Å². The van der Waals surface area contributed by atoms with E-state index in [9.17, 15) is 9.90 Å². The molecule has 0 aromatic heterocycles. The fourth-order valence-corrected chi connectivity index (χ4v) is 4.11. The van der Waals surface area contributed by atoms with Crippen LogP contribution in [0.15, 0.2) is 0 Å². The number of nitrogens with zero attached hydrogens (tertiary/aromatic N) is 1. The quantitative estimate of drug-likeness (QED) is 0.732. The van der Waals surface area contributed by atoms with Crippen LogP contribution in [-0.4, -0.2) is 39.1 Å². The second-order valence-electron chi connectivity index (χ2n) is 6.02. The van der Waals surface area contributed by atoms with Crippen molar-refractivity contribution in [3.05, 3.63) is 0 Å². The maximum absolute atomic E-state index is 12.8. The van der Waals surface area contributed by atoms with E-state index in [4.69, 9.17) is 18.0 Å². The van der Waals surface area contributed by atoms with Crippen LogP contribution in [0.4, 0.5) is 0 Å². The van der Waals surface area contributed by atoms with E-state index in [1.54, 1.807) is 0 Å². The molecule has 1 saturated carbocycles. The summed E-state index contributed by atoms with van der Waals surface area (Å²) < 4.78 is 0. The molecule has 1 amide bonds. The van der Waals surface area contributed by atoms with E-state index in [-0.39, 0.29) is 24.1 Å². The molecule has 3 rings (SSSR count). The zero-order valence-corrected chi connectivity index (χ0v) is 11.3. The van der Waals surface area contributed by atoms with Gasteiger partial charge in [-0.1, -0.05) is 18.6 Å². The average molecular weight is 268 g/mol. The standard InChI is InChI=1S/C13H20N2O2S/c14-11(18)13(4-1-5-13)12(17)15-8-2-3-9(15)7-10(16)6-8/h8-10,16H,1-7H2,(H2,14,18). The fraction of sp³-hybridized carbons (Fsp3) is 0.846. The predicted octanol–water partition coefficient (Wildman–Crippen LogP) is 0.957. The maximum atomic E-state index is 12.8. The van der Waals surface area contributed by atoms with Crippen molar-refractivity contribution in [1.29, 1.82) is 0 Å². The van der Waals surface area contributed by atoms with E-state index >= 15 is 0 Å². The van der Waals surface area contributed by atoms with Crippen LogP contribution < -0.4 is 5.73 Å². The topological polar surface area (TPSA) is 66.6 Å². The molecule has 2 saturated heterocycles. The molecule has 3 aliphatic rings. The second-order valence-corrected chi connectivity index (χ2v) is 6.46. The zero-order chi connectivity index (χ0) is 12.9. The Morgan fingerprint density at radius 2 is 1.83 bits per heavy atom. The molecule has 0 aromatic carbocycles. The molecule has 3 fully saturated rings. The summed E-state index contributed by atoms with van der Waals surface area (Å²) in [7, 11) is 0. The molecule has 0 radical (unpaired) electrons. The van der Waals surface area contributed by atoms with E-state index < -0.39 is 5.41 Å². The van der Waals surface area contributed by atoms with Crippen molar-refractivity contribution < 1.29 is 9.90 Å². The number of carbonyl (C=O) groups is 1. The Balaban J connectivity index is 1.83. The third kappa shape index (κ3) is 1.60. The van der Waals surface area contributed by atoms with Gasteiger partial charge < -0.3 is 15.7 Å². The molecule has 100 valence electrons. The first-order valence-corrected chi connectivity index (χ1v) is 7.26. The van der Waals surface area contributed by atoms with Crippen molar-refractivity contribution in [3.63, 3.8) is 0 Å². The van der Waals surface area contributed by atoms with Gasteiger partial charge in [-0.25, -0.2) is 0 Å². The second kappa shape index (κ2) is 4.17. The van der Waals surface area contributed by atoms with Gasteiger partial charge in [-0.3, -0.25) is 4.79 Å². The van der Waals surface area contributed by atoms with Gasteiger partial charge in [0.15, 0.2) is 0 Å². The fourth-order valence-electron chi connectivity index (χ4n) is 3.82. The molecule has 3 N–H and O–H groups in total. The van der Waals surface area contributed by atoms with Crippen LogP contribution in [0.2, 0.25) is 0 Å². The van der Waals surface area contributed by atoms with E-state index in [2.05, 4.69) is 0 Å². The highest BCUT2D eigenvalue weighted by molar-refractivity contribution is 7.80. The lowest BCUT2D eigenvalue weighted by molar-refractivity contribution is -0.148. The van der Waals surface area contributed by atoms with E-state index in [1.165, 1.54) is 0 Å². The van der Waals surface area contributed by atoms with Gasteiger partial charge >= 0.3 is 0 Å². The summed E-state index contributed by atoms with van der Waals surface area (Å²) in [5, 5.41) is 9.78. The van der Waals surface area contributed by atoms with Crippen LogP contribution in [0.5, 0.6) is 0 Å². The minimum absolute atomic E-state index is 0.139. The van der Waals surface area contributed by atoms with Crippen LogP contribution >= 0.6 is 12.2 Å². The van der Waals surface area contributed by atoms with Crippen LogP contribution in [-0.2, 0) is 4.79 Å². The van der Waals surface area contributed by atoms with Crippen LogP contribution in [0, 0.1) is 5.41 Å². The summed E-state index contributed by atoms with van der Waals surface area (Å²) in [5.74, 6) is 0.139. The number of nitrogens with two attached hydrogens (primary N) is 1. The molecular weight excluding hydrogens is 248 g/mol. The number of aliphatic hydroxyl groups excluding tert-OH is 1.